The zero-order valence-corrected chi connectivity index (χ0v) is 16.0. The number of thioether (sulfide) groups is 1. The van der Waals surface area contributed by atoms with Gasteiger partial charge in [-0.15, -0.1) is 24.4 Å². The average molecular weight is 446 g/mol. The molecule has 0 aliphatic rings. The standard InChI is InChI=1S/C18H14F8S2/c1-9-4-14(27)10(5-15(9)28-8-18(24,25)26)2-3-17(22,23)11-6-12(19)16(21)13(20)7-11/h4-7,27H,2-3,8H2,1H3. The van der Waals surface area contributed by atoms with Gasteiger partial charge in [0.1, 0.15) is 0 Å². The van der Waals surface area contributed by atoms with Crippen LogP contribution in [0.4, 0.5) is 35.1 Å². The fourth-order valence-corrected chi connectivity index (χ4v) is 3.63. The van der Waals surface area contributed by atoms with Crippen LogP contribution in [0.25, 0.3) is 0 Å². The monoisotopic (exact) mass is 446 g/mol. The van der Waals surface area contributed by atoms with Gasteiger partial charge in [-0.05, 0) is 48.7 Å². The molecule has 10 heteroatoms. The molecule has 0 nitrogen and oxygen atoms in total. The van der Waals surface area contributed by atoms with Crippen molar-refractivity contribution in [1.82, 2.24) is 0 Å². The minimum Gasteiger partial charge on any atom is -0.204 e. The van der Waals surface area contributed by atoms with E-state index in [0.29, 0.717) is 22.2 Å². The summed E-state index contributed by atoms with van der Waals surface area (Å²) < 4.78 is 105. The van der Waals surface area contributed by atoms with Crippen molar-refractivity contribution in [2.75, 3.05) is 5.75 Å². The van der Waals surface area contributed by atoms with Gasteiger partial charge in [0.05, 0.1) is 5.75 Å². The smallest absolute Gasteiger partial charge is 0.204 e. The molecule has 0 radical (unpaired) electrons. The van der Waals surface area contributed by atoms with Crippen LogP contribution >= 0.6 is 24.4 Å². The molecule has 0 saturated heterocycles. The highest BCUT2D eigenvalue weighted by Gasteiger charge is 2.33. The maximum Gasteiger partial charge on any atom is 0.398 e. The Morgan fingerprint density at radius 2 is 1.50 bits per heavy atom. The van der Waals surface area contributed by atoms with E-state index in [1.807, 2.05) is 0 Å². The Hall–Kier alpha value is -1.42. The van der Waals surface area contributed by atoms with Gasteiger partial charge in [-0.2, -0.15) is 13.2 Å². The highest BCUT2D eigenvalue weighted by molar-refractivity contribution is 7.99. The van der Waals surface area contributed by atoms with Crippen LogP contribution in [0, 0.1) is 24.4 Å². The highest BCUT2D eigenvalue weighted by Crippen LogP contribution is 2.37. The minimum absolute atomic E-state index is 0.222. The summed E-state index contributed by atoms with van der Waals surface area (Å²) >= 11 is 4.68. The lowest BCUT2D eigenvalue weighted by Crippen LogP contribution is -2.16. The molecule has 0 aliphatic carbocycles. The van der Waals surface area contributed by atoms with Gasteiger partial charge < -0.3 is 0 Å². The lowest BCUT2D eigenvalue weighted by atomic mass is 9.99. The van der Waals surface area contributed by atoms with E-state index in [2.05, 4.69) is 12.6 Å². The zero-order chi connectivity index (χ0) is 21.3. The van der Waals surface area contributed by atoms with Gasteiger partial charge in [-0.3, -0.25) is 0 Å². The minimum atomic E-state index is -4.39. The van der Waals surface area contributed by atoms with E-state index in [0.717, 1.165) is 0 Å². The van der Waals surface area contributed by atoms with E-state index < -0.39 is 47.3 Å². The first-order valence-corrected chi connectivity index (χ1v) is 9.28. The Bertz CT molecular complexity index is 838. The van der Waals surface area contributed by atoms with E-state index in [1.54, 1.807) is 6.92 Å². The molecule has 28 heavy (non-hydrogen) atoms. The second-order valence-electron chi connectivity index (χ2n) is 6.11. The molecule has 2 aromatic carbocycles. The maximum absolute atomic E-state index is 14.3. The Balaban J connectivity index is 2.21. The van der Waals surface area contributed by atoms with Gasteiger partial charge in [-0.1, -0.05) is 0 Å². The normalized spacial score (nSPS) is 12.5. The van der Waals surface area contributed by atoms with Crippen molar-refractivity contribution in [3.8, 4) is 0 Å². The van der Waals surface area contributed by atoms with Crippen LogP contribution in [0.3, 0.4) is 0 Å². The van der Waals surface area contributed by atoms with E-state index in [1.165, 1.54) is 12.1 Å². The zero-order valence-electron chi connectivity index (χ0n) is 14.3. The number of rotatable bonds is 6. The van der Waals surface area contributed by atoms with Crippen molar-refractivity contribution in [3.63, 3.8) is 0 Å². The number of aryl methyl sites for hydroxylation is 2. The molecule has 0 spiro atoms. The van der Waals surface area contributed by atoms with Crippen molar-refractivity contribution in [1.29, 1.82) is 0 Å². The van der Waals surface area contributed by atoms with Crippen LogP contribution in [0.2, 0.25) is 0 Å². The Morgan fingerprint density at radius 1 is 0.929 bits per heavy atom. The van der Waals surface area contributed by atoms with Crippen molar-refractivity contribution >= 4 is 24.4 Å². The number of hydrogen-bond donors (Lipinski definition) is 1. The summed E-state index contributed by atoms with van der Waals surface area (Å²) in [5.41, 5.74) is -0.248. The summed E-state index contributed by atoms with van der Waals surface area (Å²) in [6.07, 6.45) is -5.59. The molecule has 0 saturated carbocycles. The van der Waals surface area contributed by atoms with Crippen LogP contribution in [0.15, 0.2) is 34.1 Å². The summed E-state index contributed by atoms with van der Waals surface area (Å²) in [4.78, 5) is 0.577. The van der Waals surface area contributed by atoms with Gasteiger partial charge >= 0.3 is 6.18 Å². The third-order valence-corrected chi connectivity index (χ3v) is 5.52. The lowest BCUT2D eigenvalue weighted by Gasteiger charge is -2.19. The molecule has 0 amide bonds. The summed E-state index contributed by atoms with van der Waals surface area (Å²) in [6, 6.07) is 3.25. The first-order chi connectivity index (χ1) is 12.8. The molecule has 0 atom stereocenters. The summed E-state index contributed by atoms with van der Waals surface area (Å²) in [7, 11) is 0. The first-order valence-electron chi connectivity index (χ1n) is 7.85. The first kappa shape index (κ1) is 22.9. The fraction of sp³-hybridized carbons (Fsp3) is 0.333. The molecular weight excluding hydrogens is 432 g/mol. The number of alkyl halides is 5. The SMILES string of the molecule is Cc1cc(S)c(CCC(F)(F)c2cc(F)c(F)c(F)c2)cc1SCC(F)(F)F. The molecule has 0 N–H and O–H groups in total. The van der Waals surface area contributed by atoms with E-state index in [9.17, 15) is 35.1 Å². The Labute approximate surface area is 165 Å². The molecule has 2 aromatic rings. The van der Waals surface area contributed by atoms with Gasteiger partial charge in [0.2, 0.25) is 0 Å². The molecule has 2 rings (SSSR count). The number of halogens is 8. The fourth-order valence-electron chi connectivity index (χ4n) is 2.43. The lowest BCUT2D eigenvalue weighted by molar-refractivity contribution is -0.105. The molecular formula is C18H14F8S2. The topological polar surface area (TPSA) is 0 Å². The summed E-state index contributed by atoms with van der Waals surface area (Å²) in [5.74, 6) is -10.1. The molecule has 154 valence electrons. The molecule has 0 heterocycles. The highest BCUT2D eigenvalue weighted by atomic mass is 32.2. The predicted octanol–water partition coefficient (Wildman–Crippen LogP) is 7.08. The third-order valence-electron chi connectivity index (χ3n) is 3.88. The molecule has 0 fully saturated rings. The van der Waals surface area contributed by atoms with Crippen molar-refractivity contribution in [3.05, 3.63) is 58.4 Å². The number of thiol groups is 1. The van der Waals surface area contributed by atoms with Crippen molar-refractivity contribution in [2.45, 2.75) is 41.7 Å². The third kappa shape index (κ3) is 5.79. The van der Waals surface area contributed by atoms with Crippen LogP contribution < -0.4 is 0 Å². The van der Waals surface area contributed by atoms with E-state index in [-0.39, 0.29) is 29.0 Å². The van der Waals surface area contributed by atoms with Crippen molar-refractivity contribution < 1.29 is 35.1 Å². The van der Waals surface area contributed by atoms with E-state index in [4.69, 9.17) is 0 Å². The van der Waals surface area contributed by atoms with Gasteiger partial charge in [0.25, 0.3) is 5.92 Å². The molecule has 0 aliphatic heterocycles. The molecule has 0 unspecified atom stereocenters. The second-order valence-corrected chi connectivity index (χ2v) is 7.61. The van der Waals surface area contributed by atoms with Crippen LogP contribution in [0.5, 0.6) is 0 Å². The molecule has 0 bridgehead atoms. The van der Waals surface area contributed by atoms with Gasteiger partial charge in [0, 0.05) is 21.8 Å². The molecule has 0 aromatic heterocycles. The van der Waals surface area contributed by atoms with Gasteiger partial charge in [-0.25, -0.2) is 22.0 Å². The maximum atomic E-state index is 14.3. The average Bonchev–Trinajstić information content (AvgIpc) is 2.56. The van der Waals surface area contributed by atoms with Gasteiger partial charge in [0.15, 0.2) is 17.5 Å². The van der Waals surface area contributed by atoms with Crippen LogP contribution in [-0.2, 0) is 12.3 Å². The second kappa shape index (κ2) is 8.52. The Morgan fingerprint density at radius 3 is 2.04 bits per heavy atom. The summed E-state index contributed by atoms with van der Waals surface area (Å²) in [6.45, 7) is 1.57. The van der Waals surface area contributed by atoms with E-state index >= 15 is 0 Å². The summed E-state index contributed by atoms with van der Waals surface area (Å²) in [5, 5.41) is 0. The largest absolute Gasteiger partial charge is 0.398 e. The van der Waals surface area contributed by atoms with Crippen molar-refractivity contribution in [2.24, 2.45) is 0 Å². The predicted molar refractivity (Wildman–Crippen MR) is 93.7 cm³/mol. The number of hydrogen-bond acceptors (Lipinski definition) is 2. The van der Waals surface area contributed by atoms with Crippen LogP contribution in [0.1, 0.15) is 23.1 Å². The Kier molecular flexibility index (Phi) is 6.96. The van der Waals surface area contributed by atoms with Crippen LogP contribution in [-0.4, -0.2) is 11.9 Å². The quantitative estimate of drug-likeness (QED) is 0.214. The number of benzene rings is 2.